The van der Waals surface area contributed by atoms with Crippen LogP contribution in [0.25, 0.3) is 0 Å². The molecule has 2 amide bonds. The van der Waals surface area contributed by atoms with Gasteiger partial charge < -0.3 is 19.4 Å². The van der Waals surface area contributed by atoms with Crippen LogP contribution in [0.4, 0.5) is 5.13 Å². The predicted molar refractivity (Wildman–Crippen MR) is 107 cm³/mol. The smallest absolute Gasteiger partial charge is 0.290 e. The van der Waals surface area contributed by atoms with Gasteiger partial charge in [-0.05, 0) is 32.4 Å². The second-order valence-electron chi connectivity index (χ2n) is 6.72. The number of carbonyl (C=O) groups excluding carboxylic acids is 2. The van der Waals surface area contributed by atoms with Gasteiger partial charge in [0.05, 0.1) is 25.2 Å². The molecule has 1 N–H and O–H groups in total. The molecule has 8 nitrogen and oxygen atoms in total. The zero-order valence-corrected chi connectivity index (χ0v) is 17.1. The molecule has 3 heterocycles. The van der Waals surface area contributed by atoms with Gasteiger partial charge in [0, 0.05) is 31.1 Å². The number of nitrogens with one attached hydrogen (secondary N) is 1. The van der Waals surface area contributed by atoms with Crippen LogP contribution < -0.4 is 5.32 Å². The highest BCUT2D eigenvalue weighted by atomic mass is 32.1. The summed E-state index contributed by atoms with van der Waals surface area (Å²) in [6, 6.07) is 3.28. The Hall–Kier alpha value is -2.23. The lowest BCUT2D eigenvalue weighted by Crippen LogP contribution is -2.41. The van der Waals surface area contributed by atoms with Gasteiger partial charge in [-0.2, -0.15) is 0 Å². The lowest BCUT2D eigenvalue weighted by molar-refractivity contribution is -0.116. The third-order valence-electron chi connectivity index (χ3n) is 4.63. The second kappa shape index (κ2) is 9.81. The van der Waals surface area contributed by atoms with Gasteiger partial charge in [0.15, 0.2) is 10.9 Å². The summed E-state index contributed by atoms with van der Waals surface area (Å²) >= 11 is 1.43. The van der Waals surface area contributed by atoms with Crippen molar-refractivity contribution in [2.24, 2.45) is 0 Å². The Bertz CT molecular complexity index is 764. The van der Waals surface area contributed by atoms with Crippen LogP contribution in [0.3, 0.4) is 0 Å². The summed E-state index contributed by atoms with van der Waals surface area (Å²) in [6.07, 6.45) is 2.23. The van der Waals surface area contributed by atoms with Crippen LogP contribution in [-0.2, 0) is 9.53 Å². The molecule has 0 saturated carbocycles. The van der Waals surface area contributed by atoms with Gasteiger partial charge in [-0.15, -0.1) is 11.3 Å². The van der Waals surface area contributed by atoms with E-state index >= 15 is 0 Å². The number of anilines is 1. The van der Waals surface area contributed by atoms with Crippen molar-refractivity contribution in [2.75, 3.05) is 51.3 Å². The van der Waals surface area contributed by atoms with Crippen molar-refractivity contribution >= 4 is 28.3 Å². The van der Waals surface area contributed by atoms with Crippen LogP contribution in [0.1, 0.15) is 27.5 Å². The minimum absolute atomic E-state index is 0.0413. The first-order valence-electron chi connectivity index (χ1n) is 9.39. The maximum atomic E-state index is 12.7. The van der Waals surface area contributed by atoms with Crippen molar-refractivity contribution in [3.63, 3.8) is 0 Å². The van der Waals surface area contributed by atoms with Crippen molar-refractivity contribution < 1.29 is 18.7 Å². The van der Waals surface area contributed by atoms with Crippen LogP contribution in [-0.4, -0.2) is 72.5 Å². The maximum absolute atomic E-state index is 12.7. The van der Waals surface area contributed by atoms with E-state index in [9.17, 15) is 9.59 Å². The van der Waals surface area contributed by atoms with Crippen molar-refractivity contribution in [2.45, 2.75) is 20.3 Å². The van der Waals surface area contributed by atoms with E-state index < -0.39 is 0 Å². The topological polar surface area (TPSA) is 87.9 Å². The fourth-order valence-corrected chi connectivity index (χ4v) is 3.81. The molecule has 1 saturated heterocycles. The number of aromatic nitrogens is 1. The number of rotatable bonds is 8. The summed E-state index contributed by atoms with van der Waals surface area (Å²) in [5, 5.41) is 3.35. The summed E-state index contributed by atoms with van der Waals surface area (Å²) < 4.78 is 10.6. The molecule has 28 heavy (non-hydrogen) atoms. The lowest BCUT2D eigenvalue weighted by Gasteiger charge is -2.28. The number of aryl methyl sites for hydroxylation is 2. The van der Waals surface area contributed by atoms with Crippen LogP contribution in [0.2, 0.25) is 0 Å². The number of ether oxygens (including phenoxy) is 1. The monoisotopic (exact) mass is 406 g/mol. The van der Waals surface area contributed by atoms with E-state index in [2.05, 4.69) is 15.2 Å². The Morgan fingerprint density at radius 2 is 2.11 bits per heavy atom. The molecule has 0 atom stereocenters. The molecule has 3 rings (SSSR count). The van der Waals surface area contributed by atoms with Crippen LogP contribution in [0.15, 0.2) is 22.8 Å². The fraction of sp³-hybridized carbons (Fsp3) is 0.526. The minimum atomic E-state index is -0.284. The van der Waals surface area contributed by atoms with Crippen molar-refractivity contribution in [3.8, 4) is 0 Å². The zero-order chi connectivity index (χ0) is 19.9. The van der Waals surface area contributed by atoms with E-state index in [0.29, 0.717) is 11.7 Å². The highest BCUT2D eigenvalue weighted by molar-refractivity contribution is 7.15. The highest BCUT2D eigenvalue weighted by Crippen LogP contribution is 2.21. The molecule has 0 aromatic carbocycles. The van der Waals surface area contributed by atoms with E-state index in [1.807, 2.05) is 13.8 Å². The van der Waals surface area contributed by atoms with E-state index in [0.717, 1.165) is 49.8 Å². The number of carbonyl (C=O) groups is 2. The Morgan fingerprint density at radius 1 is 1.32 bits per heavy atom. The Morgan fingerprint density at radius 3 is 2.75 bits per heavy atom. The molecule has 1 fully saturated rings. The van der Waals surface area contributed by atoms with E-state index in [-0.39, 0.29) is 24.1 Å². The average molecular weight is 407 g/mol. The molecule has 0 bridgehead atoms. The molecule has 0 aliphatic carbocycles. The van der Waals surface area contributed by atoms with Crippen molar-refractivity contribution in [1.29, 1.82) is 0 Å². The van der Waals surface area contributed by atoms with Gasteiger partial charge in [0.2, 0.25) is 5.91 Å². The molecule has 0 radical (unpaired) electrons. The zero-order valence-electron chi connectivity index (χ0n) is 16.3. The molecule has 152 valence electrons. The first-order chi connectivity index (χ1) is 13.5. The summed E-state index contributed by atoms with van der Waals surface area (Å²) in [6.45, 7) is 8.43. The number of nitrogens with zero attached hydrogens (tertiary/aromatic N) is 3. The number of thiazole rings is 1. The van der Waals surface area contributed by atoms with E-state index in [4.69, 9.17) is 9.15 Å². The molecule has 2 aromatic rings. The van der Waals surface area contributed by atoms with E-state index in [1.165, 1.54) is 22.5 Å². The van der Waals surface area contributed by atoms with Gasteiger partial charge in [-0.3, -0.25) is 14.5 Å². The number of hydrogen-bond acceptors (Lipinski definition) is 7. The van der Waals surface area contributed by atoms with Gasteiger partial charge >= 0.3 is 0 Å². The number of furan rings is 1. The Kier molecular flexibility index (Phi) is 7.18. The largest absolute Gasteiger partial charge is 0.459 e. The fourth-order valence-electron chi connectivity index (χ4n) is 2.98. The third-order valence-corrected chi connectivity index (χ3v) is 5.62. The van der Waals surface area contributed by atoms with Crippen LogP contribution in [0, 0.1) is 13.8 Å². The van der Waals surface area contributed by atoms with Crippen molar-refractivity contribution in [3.05, 3.63) is 34.7 Å². The predicted octanol–water partition coefficient (Wildman–Crippen LogP) is 2.16. The lowest BCUT2D eigenvalue weighted by atomic mass is 10.3. The van der Waals surface area contributed by atoms with Gasteiger partial charge in [-0.1, -0.05) is 0 Å². The maximum Gasteiger partial charge on any atom is 0.290 e. The Labute approximate surface area is 168 Å². The SMILES string of the molecule is Cc1nc(NC(=O)CN(CCCN2CCOCC2)C(=O)c2ccco2)sc1C. The summed E-state index contributed by atoms with van der Waals surface area (Å²) in [4.78, 5) is 34.4. The molecule has 2 aromatic heterocycles. The van der Waals surface area contributed by atoms with Gasteiger partial charge in [0.1, 0.15) is 6.54 Å². The quantitative estimate of drug-likeness (QED) is 0.723. The van der Waals surface area contributed by atoms with Gasteiger partial charge in [0.25, 0.3) is 5.91 Å². The minimum Gasteiger partial charge on any atom is -0.459 e. The average Bonchev–Trinajstić information content (AvgIpc) is 3.31. The Balaban J connectivity index is 1.58. The van der Waals surface area contributed by atoms with Crippen LogP contribution in [0.5, 0.6) is 0 Å². The standard InChI is InChI=1S/C19H26N4O4S/c1-14-15(2)28-19(20-14)21-17(24)13-23(18(25)16-5-3-10-27-16)7-4-6-22-8-11-26-12-9-22/h3,5,10H,4,6-9,11-13H2,1-2H3,(H,20,21,24). The molecule has 9 heteroatoms. The van der Waals surface area contributed by atoms with Crippen molar-refractivity contribution in [1.82, 2.24) is 14.8 Å². The summed E-state index contributed by atoms with van der Waals surface area (Å²) in [5.41, 5.74) is 0.898. The molecule has 1 aliphatic heterocycles. The van der Waals surface area contributed by atoms with Crippen LogP contribution >= 0.6 is 11.3 Å². The number of amides is 2. The molecule has 0 unspecified atom stereocenters. The second-order valence-corrected chi connectivity index (χ2v) is 7.92. The van der Waals surface area contributed by atoms with Gasteiger partial charge in [-0.25, -0.2) is 4.98 Å². The van der Waals surface area contributed by atoms with E-state index in [1.54, 1.807) is 12.1 Å². The molecular formula is C19H26N4O4S. The number of morpholine rings is 1. The molecular weight excluding hydrogens is 380 g/mol. The summed E-state index contributed by atoms with van der Waals surface area (Å²) in [7, 11) is 0. The normalized spacial score (nSPS) is 14.8. The first kappa shape index (κ1) is 20.5. The molecule has 0 spiro atoms. The third kappa shape index (κ3) is 5.63. The summed E-state index contributed by atoms with van der Waals surface area (Å²) in [5.74, 6) is -0.311. The molecule has 1 aliphatic rings. The number of hydrogen-bond donors (Lipinski definition) is 1. The highest BCUT2D eigenvalue weighted by Gasteiger charge is 2.22. The first-order valence-corrected chi connectivity index (χ1v) is 10.2.